The van der Waals surface area contributed by atoms with Gasteiger partial charge in [0.2, 0.25) is 0 Å². The first-order chi connectivity index (χ1) is 8.39. The Morgan fingerprint density at radius 2 is 1.94 bits per heavy atom. The maximum Gasteiger partial charge on any atom is 0.435 e. The fraction of sp³-hybridized carbons (Fsp3) is 0.636. The lowest BCUT2D eigenvalue weighted by atomic mass is 9.93. The highest BCUT2D eigenvalue weighted by molar-refractivity contribution is 5.05. The summed E-state index contributed by atoms with van der Waals surface area (Å²) in [7, 11) is 0. The van der Waals surface area contributed by atoms with Crippen molar-refractivity contribution in [2.24, 2.45) is 0 Å². The zero-order valence-electron chi connectivity index (χ0n) is 9.52. The fourth-order valence-electron chi connectivity index (χ4n) is 2.19. The first kappa shape index (κ1) is 13.1. The van der Waals surface area contributed by atoms with Crippen LogP contribution in [0.1, 0.15) is 37.4 Å². The predicted octanol–water partition coefficient (Wildman–Crippen LogP) is 1.74. The van der Waals surface area contributed by atoms with Crippen LogP contribution in [0.25, 0.3) is 0 Å². The summed E-state index contributed by atoms with van der Waals surface area (Å²) in [4.78, 5) is 11.6. The maximum absolute atomic E-state index is 12.5. The van der Waals surface area contributed by atoms with Crippen molar-refractivity contribution in [2.75, 3.05) is 0 Å². The summed E-state index contributed by atoms with van der Waals surface area (Å²) in [5, 5.41) is 13.1. The summed E-state index contributed by atoms with van der Waals surface area (Å²) in [6.45, 7) is 0. The van der Waals surface area contributed by atoms with E-state index >= 15 is 0 Å². The number of halogens is 3. The Kier molecular flexibility index (Phi) is 3.43. The van der Waals surface area contributed by atoms with Gasteiger partial charge in [0.15, 0.2) is 5.69 Å². The van der Waals surface area contributed by atoms with Gasteiger partial charge < -0.3 is 5.11 Å². The average molecular weight is 262 g/mol. The monoisotopic (exact) mass is 262 g/mol. The van der Waals surface area contributed by atoms with Crippen molar-refractivity contribution in [1.29, 1.82) is 0 Å². The van der Waals surface area contributed by atoms with Crippen molar-refractivity contribution in [2.45, 2.75) is 44.0 Å². The van der Waals surface area contributed by atoms with E-state index in [0.717, 1.165) is 23.6 Å². The summed E-state index contributed by atoms with van der Waals surface area (Å²) in [5.41, 5.74) is -1.73. The van der Waals surface area contributed by atoms with Crippen LogP contribution in [0.2, 0.25) is 0 Å². The molecule has 1 aromatic heterocycles. The van der Waals surface area contributed by atoms with Gasteiger partial charge in [-0.2, -0.15) is 18.3 Å². The zero-order chi connectivity index (χ0) is 13.3. The SMILES string of the molecule is O=c1ccc(C(F)(F)F)nn1C1CCCCC1O. The molecule has 2 atom stereocenters. The molecule has 0 aliphatic heterocycles. The van der Waals surface area contributed by atoms with E-state index in [1.165, 1.54) is 0 Å². The molecule has 2 unspecified atom stereocenters. The fourth-order valence-corrected chi connectivity index (χ4v) is 2.19. The standard InChI is InChI=1S/C11H13F3N2O2/c12-11(13,14)9-5-6-10(18)16(15-9)7-3-1-2-4-8(7)17/h5-8,17H,1-4H2. The number of hydrogen-bond donors (Lipinski definition) is 1. The molecule has 1 aromatic rings. The van der Waals surface area contributed by atoms with E-state index < -0.39 is 29.6 Å². The maximum atomic E-state index is 12.5. The second kappa shape index (κ2) is 4.72. The van der Waals surface area contributed by atoms with Crippen LogP contribution < -0.4 is 5.56 Å². The molecule has 1 heterocycles. The lowest BCUT2D eigenvalue weighted by molar-refractivity contribution is -0.142. The molecule has 100 valence electrons. The summed E-state index contributed by atoms with van der Waals surface area (Å²) in [6.07, 6.45) is -2.87. The molecule has 0 saturated heterocycles. The van der Waals surface area contributed by atoms with Crippen molar-refractivity contribution in [1.82, 2.24) is 9.78 Å². The number of aliphatic hydroxyl groups excluding tert-OH is 1. The van der Waals surface area contributed by atoms with Crippen LogP contribution in [0.5, 0.6) is 0 Å². The van der Waals surface area contributed by atoms with Crippen LogP contribution in [0, 0.1) is 0 Å². The van der Waals surface area contributed by atoms with Crippen LogP contribution >= 0.6 is 0 Å². The zero-order valence-corrected chi connectivity index (χ0v) is 9.52. The van der Waals surface area contributed by atoms with Crippen molar-refractivity contribution in [3.05, 3.63) is 28.2 Å². The van der Waals surface area contributed by atoms with Gasteiger partial charge in [-0.1, -0.05) is 12.8 Å². The minimum atomic E-state index is -4.59. The molecule has 1 fully saturated rings. The minimum Gasteiger partial charge on any atom is -0.391 e. The third kappa shape index (κ3) is 2.55. The van der Waals surface area contributed by atoms with Crippen LogP contribution in [-0.4, -0.2) is 21.0 Å². The number of aliphatic hydroxyl groups is 1. The van der Waals surface area contributed by atoms with Gasteiger partial charge in [-0.25, -0.2) is 4.68 Å². The molecule has 0 radical (unpaired) electrons. The van der Waals surface area contributed by atoms with Crippen LogP contribution in [0.15, 0.2) is 16.9 Å². The quantitative estimate of drug-likeness (QED) is 0.838. The summed E-state index contributed by atoms with van der Waals surface area (Å²) in [5.74, 6) is 0. The van der Waals surface area contributed by atoms with E-state index in [2.05, 4.69) is 5.10 Å². The average Bonchev–Trinajstić information content (AvgIpc) is 2.29. The third-order valence-electron chi connectivity index (χ3n) is 3.12. The molecule has 7 heteroatoms. The molecule has 2 rings (SSSR count). The first-order valence-corrected chi connectivity index (χ1v) is 5.75. The lowest BCUT2D eigenvalue weighted by Crippen LogP contribution is -2.37. The van der Waals surface area contributed by atoms with Gasteiger partial charge >= 0.3 is 6.18 Å². The Morgan fingerprint density at radius 1 is 1.28 bits per heavy atom. The van der Waals surface area contributed by atoms with Gasteiger partial charge in [-0.3, -0.25) is 4.79 Å². The van der Waals surface area contributed by atoms with E-state index in [1.807, 2.05) is 0 Å². The van der Waals surface area contributed by atoms with E-state index in [0.29, 0.717) is 18.9 Å². The Bertz CT molecular complexity index is 484. The second-order valence-electron chi connectivity index (χ2n) is 4.42. The number of hydrogen-bond acceptors (Lipinski definition) is 3. The molecule has 18 heavy (non-hydrogen) atoms. The Labute approximate surface area is 101 Å². The van der Waals surface area contributed by atoms with Crippen LogP contribution in [-0.2, 0) is 6.18 Å². The van der Waals surface area contributed by atoms with E-state index in [1.54, 1.807) is 0 Å². The van der Waals surface area contributed by atoms with Gasteiger partial charge in [-0.05, 0) is 18.9 Å². The van der Waals surface area contributed by atoms with Crippen molar-refractivity contribution in [3.8, 4) is 0 Å². The van der Waals surface area contributed by atoms with E-state index in [4.69, 9.17) is 0 Å². The van der Waals surface area contributed by atoms with Gasteiger partial charge in [-0.15, -0.1) is 0 Å². The van der Waals surface area contributed by atoms with E-state index in [9.17, 15) is 23.1 Å². The highest BCUT2D eigenvalue weighted by Crippen LogP contribution is 2.29. The third-order valence-corrected chi connectivity index (χ3v) is 3.12. The number of aromatic nitrogens is 2. The topological polar surface area (TPSA) is 55.1 Å². The first-order valence-electron chi connectivity index (χ1n) is 5.75. The Balaban J connectivity index is 2.40. The van der Waals surface area contributed by atoms with Gasteiger partial charge in [0.25, 0.3) is 5.56 Å². The molecular weight excluding hydrogens is 249 g/mol. The van der Waals surface area contributed by atoms with Crippen molar-refractivity contribution >= 4 is 0 Å². The molecule has 1 aliphatic rings. The molecule has 1 N–H and O–H groups in total. The number of alkyl halides is 3. The molecule has 1 saturated carbocycles. The Hall–Kier alpha value is -1.37. The summed E-state index contributed by atoms with van der Waals surface area (Å²) < 4.78 is 38.3. The van der Waals surface area contributed by atoms with Gasteiger partial charge in [0, 0.05) is 6.07 Å². The normalized spacial score (nSPS) is 25.1. The largest absolute Gasteiger partial charge is 0.435 e. The molecular formula is C11H13F3N2O2. The molecule has 0 bridgehead atoms. The smallest absolute Gasteiger partial charge is 0.391 e. The predicted molar refractivity (Wildman–Crippen MR) is 57.0 cm³/mol. The molecule has 1 aliphatic carbocycles. The van der Waals surface area contributed by atoms with Gasteiger partial charge in [0.1, 0.15) is 0 Å². The van der Waals surface area contributed by atoms with Crippen molar-refractivity contribution < 1.29 is 18.3 Å². The lowest BCUT2D eigenvalue weighted by Gasteiger charge is -2.28. The summed E-state index contributed by atoms with van der Waals surface area (Å²) in [6, 6.07) is 0.846. The second-order valence-corrected chi connectivity index (χ2v) is 4.42. The van der Waals surface area contributed by atoms with Crippen molar-refractivity contribution in [3.63, 3.8) is 0 Å². The molecule has 4 nitrogen and oxygen atoms in total. The highest BCUT2D eigenvalue weighted by Gasteiger charge is 2.35. The highest BCUT2D eigenvalue weighted by atomic mass is 19.4. The number of nitrogens with zero attached hydrogens (tertiary/aromatic N) is 2. The van der Waals surface area contributed by atoms with Crippen LogP contribution in [0.4, 0.5) is 13.2 Å². The van der Waals surface area contributed by atoms with E-state index in [-0.39, 0.29) is 0 Å². The Morgan fingerprint density at radius 3 is 2.56 bits per heavy atom. The van der Waals surface area contributed by atoms with Gasteiger partial charge in [0.05, 0.1) is 12.1 Å². The minimum absolute atomic E-state index is 0.468. The summed E-state index contributed by atoms with van der Waals surface area (Å²) >= 11 is 0. The number of rotatable bonds is 1. The molecule has 0 aromatic carbocycles. The molecule has 0 amide bonds. The van der Waals surface area contributed by atoms with Crippen LogP contribution in [0.3, 0.4) is 0 Å². The molecule has 0 spiro atoms.